The van der Waals surface area contributed by atoms with E-state index in [-0.39, 0.29) is 43.1 Å². The standard InChI is InChI=1S/C31H44N4O6S/c1-6-11-39-12-13-40-14-15-41-20-28(37)34-27(31(3,4)5)19-35-18-25(36)16-26(35)30(38)32-17-23-7-9-24(10-8-23)29-22(2)33-21-42-29/h1,7-10,21,25-27,36H,11-20H2,2-5H3,(H,32,38)(H,34,37)/t25-,26+,27-/m1/s1. The van der Waals surface area contributed by atoms with Crippen LogP contribution in [0.25, 0.3) is 10.4 Å². The average Bonchev–Trinajstić information content (AvgIpc) is 3.55. The maximum Gasteiger partial charge on any atom is 0.246 e. The molecule has 3 rings (SSSR count). The molecule has 2 aromatic rings. The van der Waals surface area contributed by atoms with Crippen molar-refractivity contribution in [2.75, 3.05) is 52.7 Å². The van der Waals surface area contributed by atoms with Crippen LogP contribution in [0.1, 0.15) is 38.4 Å². The highest BCUT2D eigenvalue weighted by molar-refractivity contribution is 7.13. The lowest BCUT2D eigenvalue weighted by molar-refractivity contribution is -0.128. The summed E-state index contributed by atoms with van der Waals surface area (Å²) < 4.78 is 16.0. The van der Waals surface area contributed by atoms with Gasteiger partial charge in [-0.05, 0) is 29.9 Å². The van der Waals surface area contributed by atoms with Crippen LogP contribution in [0.3, 0.4) is 0 Å². The second kappa shape index (κ2) is 16.7. The first kappa shape index (κ1) is 33.6. The van der Waals surface area contributed by atoms with Gasteiger partial charge in [-0.2, -0.15) is 0 Å². The largest absolute Gasteiger partial charge is 0.392 e. The van der Waals surface area contributed by atoms with Crippen LogP contribution >= 0.6 is 11.3 Å². The lowest BCUT2D eigenvalue weighted by atomic mass is 9.86. The van der Waals surface area contributed by atoms with Gasteiger partial charge in [-0.3, -0.25) is 14.5 Å². The minimum absolute atomic E-state index is 0.0998. The Bertz CT molecular complexity index is 1170. The zero-order chi connectivity index (χ0) is 30.5. The number of hydrogen-bond acceptors (Lipinski definition) is 9. The molecular weight excluding hydrogens is 556 g/mol. The van der Waals surface area contributed by atoms with Crippen LogP contribution < -0.4 is 10.6 Å². The third-order valence-electron chi connectivity index (χ3n) is 7.07. The zero-order valence-electron chi connectivity index (χ0n) is 25.1. The average molecular weight is 601 g/mol. The molecule has 0 spiro atoms. The van der Waals surface area contributed by atoms with Gasteiger partial charge in [-0.25, -0.2) is 4.98 Å². The number of nitrogens with zero attached hydrogens (tertiary/aromatic N) is 2. The molecule has 42 heavy (non-hydrogen) atoms. The number of rotatable bonds is 16. The van der Waals surface area contributed by atoms with Crippen molar-refractivity contribution < 1.29 is 28.9 Å². The van der Waals surface area contributed by atoms with E-state index in [1.165, 1.54) is 0 Å². The van der Waals surface area contributed by atoms with Gasteiger partial charge in [-0.15, -0.1) is 17.8 Å². The van der Waals surface area contributed by atoms with Crippen LogP contribution in [0.15, 0.2) is 29.8 Å². The topological polar surface area (TPSA) is 122 Å². The Morgan fingerprint density at radius 3 is 2.50 bits per heavy atom. The van der Waals surface area contributed by atoms with Crippen LogP contribution in [0, 0.1) is 24.7 Å². The molecule has 1 saturated heterocycles. The number of hydrogen-bond donors (Lipinski definition) is 3. The van der Waals surface area contributed by atoms with Gasteiger partial charge in [-0.1, -0.05) is 51.0 Å². The summed E-state index contributed by atoms with van der Waals surface area (Å²) in [5.74, 6) is 2.00. The third-order valence-corrected chi connectivity index (χ3v) is 8.05. The number of β-amino-alcohol motifs (C(OH)–C–C–N with tert-alkyl or cyclic N) is 1. The highest BCUT2D eigenvalue weighted by Crippen LogP contribution is 2.28. The molecule has 230 valence electrons. The second-order valence-corrected chi connectivity index (χ2v) is 12.3. The van der Waals surface area contributed by atoms with Gasteiger partial charge in [0.15, 0.2) is 0 Å². The van der Waals surface area contributed by atoms with Gasteiger partial charge in [0.25, 0.3) is 0 Å². The van der Waals surface area contributed by atoms with Crippen LogP contribution in [0.2, 0.25) is 0 Å². The molecule has 10 nitrogen and oxygen atoms in total. The molecule has 1 aliphatic rings. The van der Waals surface area contributed by atoms with E-state index in [0.717, 1.165) is 21.7 Å². The predicted octanol–water partition coefficient (Wildman–Crippen LogP) is 2.38. The number of benzene rings is 1. The van der Waals surface area contributed by atoms with Crippen LogP contribution in [-0.2, 0) is 30.3 Å². The Kier molecular flexibility index (Phi) is 13.4. The van der Waals surface area contributed by atoms with Crippen molar-refractivity contribution in [1.82, 2.24) is 20.5 Å². The number of aliphatic hydroxyl groups is 1. The fourth-order valence-electron chi connectivity index (χ4n) is 4.65. The quantitative estimate of drug-likeness (QED) is 0.198. The van der Waals surface area contributed by atoms with Gasteiger partial charge < -0.3 is 30.0 Å². The summed E-state index contributed by atoms with van der Waals surface area (Å²) in [5, 5.41) is 16.5. The summed E-state index contributed by atoms with van der Waals surface area (Å²) in [6.45, 7) is 10.8. The first-order valence-corrected chi connectivity index (χ1v) is 15.1. The highest BCUT2D eigenvalue weighted by Gasteiger charge is 2.39. The SMILES string of the molecule is C#CCOCCOCCOCC(=O)N[C@H](CN1C[C@H](O)C[C@H]1C(=O)NCc1ccc(-c2scnc2C)cc1)C(C)(C)C. The summed E-state index contributed by atoms with van der Waals surface area (Å²) in [6.07, 6.45) is 4.85. The molecule has 1 fully saturated rings. The van der Waals surface area contributed by atoms with E-state index in [1.54, 1.807) is 11.3 Å². The van der Waals surface area contributed by atoms with Gasteiger partial charge >= 0.3 is 0 Å². The summed E-state index contributed by atoms with van der Waals surface area (Å²) in [5.41, 5.74) is 4.64. The molecular formula is C31H44N4O6S. The number of aromatic nitrogens is 1. The number of likely N-dealkylation sites (tertiary alicyclic amines) is 1. The molecule has 2 amide bonds. The van der Waals surface area contributed by atoms with E-state index >= 15 is 0 Å². The minimum Gasteiger partial charge on any atom is -0.392 e. The van der Waals surface area contributed by atoms with Crippen molar-refractivity contribution in [2.24, 2.45) is 5.41 Å². The minimum atomic E-state index is -0.612. The molecule has 1 aromatic carbocycles. The van der Waals surface area contributed by atoms with Crippen molar-refractivity contribution in [1.29, 1.82) is 0 Å². The number of ether oxygens (including phenoxy) is 3. The van der Waals surface area contributed by atoms with Gasteiger partial charge in [0, 0.05) is 25.7 Å². The third kappa shape index (κ3) is 10.8. The number of aliphatic hydroxyl groups excluding tert-OH is 1. The molecule has 11 heteroatoms. The van der Waals surface area contributed by atoms with Crippen molar-refractivity contribution in [3.8, 4) is 22.8 Å². The Balaban J connectivity index is 1.47. The molecule has 0 aliphatic carbocycles. The van der Waals surface area contributed by atoms with E-state index < -0.39 is 12.1 Å². The normalized spacial score (nSPS) is 18.0. The number of amides is 2. The number of thiazole rings is 1. The Hall–Kier alpha value is -2.85. The molecule has 0 radical (unpaired) electrons. The maximum atomic E-state index is 13.2. The van der Waals surface area contributed by atoms with Crippen molar-refractivity contribution in [3.05, 3.63) is 41.0 Å². The number of carbonyl (C=O) groups is 2. The monoisotopic (exact) mass is 600 g/mol. The maximum absolute atomic E-state index is 13.2. The molecule has 1 aliphatic heterocycles. The van der Waals surface area contributed by atoms with Crippen LogP contribution in [0.5, 0.6) is 0 Å². The van der Waals surface area contributed by atoms with E-state index in [0.29, 0.717) is 45.9 Å². The molecule has 0 unspecified atom stereocenters. The van der Waals surface area contributed by atoms with Crippen molar-refractivity contribution in [3.63, 3.8) is 0 Å². The lowest BCUT2D eigenvalue weighted by Gasteiger charge is -2.36. The van der Waals surface area contributed by atoms with Crippen molar-refractivity contribution in [2.45, 2.75) is 58.8 Å². The summed E-state index contributed by atoms with van der Waals surface area (Å²) >= 11 is 1.61. The number of aryl methyl sites for hydroxylation is 1. The fourth-order valence-corrected chi connectivity index (χ4v) is 5.47. The van der Waals surface area contributed by atoms with Crippen LogP contribution in [0.4, 0.5) is 0 Å². The van der Waals surface area contributed by atoms with Crippen LogP contribution in [-0.4, -0.2) is 97.7 Å². The molecule has 2 heterocycles. The van der Waals surface area contributed by atoms with E-state index in [9.17, 15) is 14.7 Å². The molecule has 0 bridgehead atoms. The fraction of sp³-hybridized carbons (Fsp3) is 0.581. The molecule has 0 saturated carbocycles. The van der Waals surface area contributed by atoms with Gasteiger partial charge in [0.2, 0.25) is 11.8 Å². The number of nitrogens with one attached hydrogen (secondary N) is 2. The van der Waals surface area contributed by atoms with Crippen molar-refractivity contribution >= 4 is 23.2 Å². The van der Waals surface area contributed by atoms with E-state index in [1.807, 2.05) is 62.4 Å². The first-order valence-electron chi connectivity index (χ1n) is 14.2. The Labute approximate surface area is 253 Å². The Morgan fingerprint density at radius 2 is 1.86 bits per heavy atom. The number of terminal acetylenes is 1. The lowest BCUT2D eigenvalue weighted by Crippen LogP contribution is -2.54. The predicted molar refractivity (Wildman–Crippen MR) is 163 cm³/mol. The summed E-state index contributed by atoms with van der Waals surface area (Å²) in [6, 6.07) is 7.34. The summed E-state index contributed by atoms with van der Waals surface area (Å²) in [7, 11) is 0. The summed E-state index contributed by atoms with van der Waals surface area (Å²) in [4.78, 5) is 33.3. The second-order valence-electron chi connectivity index (χ2n) is 11.4. The Morgan fingerprint density at radius 1 is 1.17 bits per heavy atom. The zero-order valence-corrected chi connectivity index (χ0v) is 25.9. The van der Waals surface area contributed by atoms with E-state index in [2.05, 4.69) is 21.5 Å². The highest BCUT2D eigenvalue weighted by atomic mass is 32.1. The van der Waals surface area contributed by atoms with Gasteiger partial charge in [0.1, 0.15) is 13.2 Å². The van der Waals surface area contributed by atoms with E-state index in [4.69, 9.17) is 20.6 Å². The van der Waals surface area contributed by atoms with Gasteiger partial charge in [0.05, 0.1) is 54.7 Å². The molecule has 3 N–H and O–H groups in total. The molecule has 1 aromatic heterocycles. The smallest absolute Gasteiger partial charge is 0.246 e. The molecule has 3 atom stereocenters. The first-order chi connectivity index (χ1) is 20.1. The number of carbonyl (C=O) groups excluding carboxylic acids is 2.